The van der Waals surface area contributed by atoms with Gasteiger partial charge in [0.15, 0.2) is 0 Å². The minimum Gasteiger partial charge on any atom is -0.324 e. The van der Waals surface area contributed by atoms with Crippen LogP contribution < -0.4 is 5.73 Å². The lowest BCUT2D eigenvalue weighted by Crippen LogP contribution is -2.11. The Kier molecular flexibility index (Phi) is 3.49. The maximum absolute atomic E-state index is 6.03. The van der Waals surface area contributed by atoms with Gasteiger partial charge in [-0.25, -0.2) is 0 Å². The minimum absolute atomic E-state index is 0.193. The molecule has 13 heavy (non-hydrogen) atoms. The molecule has 0 aromatic heterocycles. The molecule has 0 amide bonds. The lowest BCUT2D eigenvalue weighted by molar-refractivity contribution is 0.678. The molecule has 0 aliphatic heterocycles. The van der Waals surface area contributed by atoms with E-state index in [9.17, 15) is 0 Å². The quantitative estimate of drug-likeness (QED) is 0.753. The predicted molar refractivity (Wildman–Crippen MR) is 57.8 cm³/mol. The summed E-state index contributed by atoms with van der Waals surface area (Å²) in [7, 11) is 0. The van der Waals surface area contributed by atoms with Crippen LogP contribution in [0.2, 0.25) is 0 Å². The van der Waals surface area contributed by atoms with Gasteiger partial charge in [-0.15, -0.1) is 0 Å². The topological polar surface area (TPSA) is 26.0 Å². The molecular weight excluding hydrogens is 158 g/mol. The maximum Gasteiger partial charge on any atom is 0.0295 e. The lowest BCUT2D eigenvalue weighted by atomic mass is 9.92. The van der Waals surface area contributed by atoms with E-state index in [0.717, 1.165) is 6.42 Å². The van der Waals surface area contributed by atoms with Gasteiger partial charge in [-0.05, 0) is 23.5 Å². The van der Waals surface area contributed by atoms with Crippen LogP contribution in [0.15, 0.2) is 24.3 Å². The molecule has 0 saturated heterocycles. The highest BCUT2D eigenvalue weighted by atomic mass is 14.6. The summed E-state index contributed by atoms with van der Waals surface area (Å²) < 4.78 is 0. The van der Waals surface area contributed by atoms with Gasteiger partial charge in [0, 0.05) is 6.04 Å². The van der Waals surface area contributed by atoms with Crippen molar-refractivity contribution in [2.24, 2.45) is 5.73 Å². The molecular formula is C12H19N. The van der Waals surface area contributed by atoms with E-state index < -0.39 is 0 Å². The average molecular weight is 177 g/mol. The van der Waals surface area contributed by atoms with Crippen LogP contribution in [0.4, 0.5) is 0 Å². The van der Waals surface area contributed by atoms with E-state index >= 15 is 0 Å². The Labute approximate surface area is 81.0 Å². The van der Waals surface area contributed by atoms with E-state index in [2.05, 4.69) is 45.0 Å². The lowest BCUT2D eigenvalue weighted by Gasteiger charge is -2.17. The third kappa shape index (κ3) is 2.31. The Hall–Kier alpha value is -0.820. The Morgan fingerprint density at radius 3 is 2.15 bits per heavy atom. The summed E-state index contributed by atoms with van der Waals surface area (Å²) in [4.78, 5) is 0. The fraction of sp³-hybridized carbons (Fsp3) is 0.500. The number of hydrogen-bond acceptors (Lipinski definition) is 1. The first kappa shape index (κ1) is 10.3. The third-order valence-corrected chi connectivity index (χ3v) is 2.46. The highest BCUT2D eigenvalue weighted by molar-refractivity contribution is 5.32. The normalized spacial score (nSPS) is 13.3. The second-order valence-electron chi connectivity index (χ2n) is 3.80. The van der Waals surface area contributed by atoms with E-state index in [1.807, 2.05) is 0 Å². The van der Waals surface area contributed by atoms with Gasteiger partial charge in [-0.1, -0.05) is 45.0 Å². The average Bonchev–Trinajstić information content (AvgIpc) is 2.16. The van der Waals surface area contributed by atoms with Crippen molar-refractivity contribution in [2.75, 3.05) is 0 Å². The van der Waals surface area contributed by atoms with Crippen LogP contribution >= 0.6 is 0 Å². The molecule has 1 aromatic rings. The van der Waals surface area contributed by atoms with Crippen molar-refractivity contribution in [3.8, 4) is 0 Å². The predicted octanol–water partition coefficient (Wildman–Crippen LogP) is 3.22. The molecule has 1 atom stereocenters. The summed E-state index contributed by atoms with van der Waals surface area (Å²) in [6, 6.07) is 8.66. The van der Waals surface area contributed by atoms with Gasteiger partial charge < -0.3 is 5.73 Å². The van der Waals surface area contributed by atoms with Crippen LogP contribution in [0, 0.1) is 0 Å². The van der Waals surface area contributed by atoms with Crippen molar-refractivity contribution >= 4 is 0 Å². The Balaban J connectivity index is 3.04. The molecule has 1 nitrogen and oxygen atoms in total. The standard InChI is InChI=1S/C12H19N/c1-4-12(13)11-8-6-5-7-10(11)9(2)3/h5-9,12H,4,13H2,1-3H3/t12-/m0/s1. The summed E-state index contributed by atoms with van der Waals surface area (Å²) in [5, 5.41) is 0. The second kappa shape index (κ2) is 4.43. The number of benzene rings is 1. The Bertz CT molecular complexity index is 266. The molecule has 0 heterocycles. The summed E-state index contributed by atoms with van der Waals surface area (Å²) >= 11 is 0. The first-order valence-corrected chi connectivity index (χ1v) is 5.01. The summed E-state index contributed by atoms with van der Waals surface area (Å²) in [5.41, 5.74) is 8.72. The molecule has 72 valence electrons. The molecule has 0 fully saturated rings. The van der Waals surface area contributed by atoms with Crippen LogP contribution in [-0.2, 0) is 0 Å². The van der Waals surface area contributed by atoms with Gasteiger partial charge >= 0.3 is 0 Å². The van der Waals surface area contributed by atoms with Crippen molar-refractivity contribution in [1.82, 2.24) is 0 Å². The number of rotatable bonds is 3. The third-order valence-electron chi connectivity index (χ3n) is 2.46. The second-order valence-corrected chi connectivity index (χ2v) is 3.80. The summed E-state index contributed by atoms with van der Waals surface area (Å²) in [6.45, 7) is 6.55. The smallest absolute Gasteiger partial charge is 0.0295 e. The molecule has 0 radical (unpaired) electrons. The monoisotopic (exact) mass is 177 g/mol. The van der Waals surface area contributed by atoms with Gasteiger partial charge in [-0.2, -0.15) is 0 Å². The van der Waals surface area contributed by atoms with Gasteiger partial charge in [0.2, 0.25) is 0 Å². The first-order chi connectivity index (χ1) is 6.16. The van der Waals surface area contributed by atoms with Gasteiger partial charge in [0.05, 0.1) is 0 Å². The van der Waals surface area contributed by atoms with Crippen LogP contribution in [0.3, 0.4) is 0 Å². The van der Waals surface area contributed by atoms with Crippen LogP contribution in [0.5, 0.6) is 0 Å². The van der Waals surface area contributed by atoms with Crippen molar-refractivity contribution in [1.29, 1.82) is 0 Å². The molecule has 0 unspecified atom stereocenters. The molecule has 1 rings (SSSR count). The van der Waals surface area contributed by atoms with E-state index in [4.69, 9.17) is 5.73 Å². The molecule has 0 bridgehead atoms. The molecule has 0 saturated carbocycles. The molecule has 0 aliphatic rings. The number of hydrogen-bond donors (Lipinski definition) is 1. The molecule has 0 aliphatic carbocycles. The molecule has 1 heteroatoms. The van der Waals surface area contributed by atoms with Crippen molar-refractivity contribution in [3.05, 3.63) is 35.4 Å². The van der Waals surface area contributed by atoms with Crippen molar-refractivity contribution in [3.63, 3.8) is 0 Å². The van der Waals surface area contributed by atoms with E-state index in [1.165, 1.54) is 11.1 Å². The number of nitrogens with two attached hydrogens (primary N) is 1. The summed E-state index contributed by atoms with van der Waals surface area (Å²) in [5.74, 6) is 0.564. The van der Waals surface area contributed by atoms with Gasteiger partial charge in [0.25, 0.3) is 0 Å². The minimum atomic E-state index is 0.193. The molecule has 0 spiro atoms. The largest absolute Gasteiger partial charge is 0.324 e. The highest BCUT2D eigenvalue weighted by Crippen LogP contribution is 2.24. The SMILES string of the molecule is CC[C@H](N)c1ccccc1C(C)C. The fourth-order valence-corrected chi connectivity index (χ4v) is 1.59. The van der Waals surface area contributed by atoms with E-state index in [1.54, 1.807) is 0 Å². The zero-order valence-electron chi connectivity index (χ0n) is 8.75. The van der Waals surface area contributed by atoms with E-state index in [-0.39, 0.29) is 6.04 Å². The first-order valence-electron chi connectivity index (χ1n) is 5.01. The zero-order valence-corrected chi connectivity index (χ0v) is 8.75. The molecule has 2 N–H and O–H groups in total. The van der Waals surface area contributed by atoms with Crippen LogP contribution in [-0.4, -0.2) is 0 Å². The fourth-order valence-electron chi connectivity index (χ4n) is 1.59. The Morgan fingerprint density at radius 2 is 1.69 bits per heavy atom. The van der Waals surface area contributed by atoms with Crippen molar-refractivity contribution < 1.29 is 0 Å². The van der Waals surface area contributed by atoms with Gasteiger partial charge in [-0.3, -0.25) is 0 Å². The van der Waals surface area contributed by atoms with E-state index in [0.29, 0.717) is 5.92 Å². The van der Waals surface area contributed by atoms with Crippen molar-refractivity contribution in [2.45, 2.75) is 39.2 Å². The van der Waals surface area contributed by atoms with Crippen LogP contribution in [0.25, 0.3) is 0 Å². The molecule has 1 aromatic carbocycles. The highest BCUT2D eigenvalue weighted by Gasteiger charge is 2.10. The van der Waals surface area contributed by atoms with Crippen LogP contribution in [0.1, 0.15) is 50.3 Å². The summed E-state index contributed by atoms with van der Waals surface area (Å²) in [6.07, 6.45) is 1.00. The maximum atomic E-state index is 6.03. The Morgan fingerprint density at radius 1 is 1.15 bits per heavy atom. The zero-order chi connectivity index (χ0) is 9.84. The van der Waals surface area contributed by atoms with Gasteiger partial charge in [0.1, 0.15) is 0 Å².